The van der Waals surface area contributed by atoms with Gasteiger partial charge in [0.15, 0.2) is 0 Å². The minimum absolute atomic E-state index is 0.00387. The molecule has 0 aliphatic carbocycles. The number of rotatable bonds is 8. The summed E-state index contributed by atoms with van der Waals surface area (Å²) in [5, 5.41) is 8.75. The van der Waals surface area contributed by atoms with Crippen LogP contribution in [-0.2, 0) is 4.74 Å². The second kappa shape index (κ2) is 10.4. The molecule has 0 radical (unpaired) electrons. The summed E-state index contributed by atoms with van der Waals surface area (Å²) in [5.74, 6) is -0.761. The molecule has 1 aliphatic rings. The third kappa shape index (κ3) is 5.63. The van der Waals surface area contributed by atoms with E-state index in [-0.39, 0.29) is 34.1 Å². The van der Waals surface area contributed by atoms with Gasteiger partial charge in [-0.05, 0) is 49.2 Å². The molecule has 3 N–H and O–H groups in total. The number of nitrogens with one attached hydrogen (secondary N) is 3. The molecule has 33 heavy (non-hydrogen) atoms. The number of amides is 1. The Morgan fingerprint density at radius 2 is 2.06 bits per heavy atom. The van der Waals surface area contributed by atoms with E-state index in [1.165, 1.54) is 24.4 Å². The fourth-order valence-electron chi connectivity index (χ4n) is 3.33. The van der Waals surface area contributed by atoms with Crippen molar-refractivity contribution in [3.05, 3.63) is 70.6 Å². The topological polar surface area (TPSA) is 105 Å². The average molecular weight is 470 g/mol. The Bertz CT molecular complexity index is 1130. The highest BCUT2D eigenvalue weighted by atomic mass is 35.5. The van der Waals surface area contributed by atoms with E-state index in [0.29, 0.717) is 24.4 Å². The van der Waals surface area contributed by atoms with Crippen molar-refractivity contribution in [1.82, 2.24) is 9.97 Å². The lowest BCUT2D eigenvalue weighted by atomic mass is 10.2. The van der Waals surface area contributed by atoms with E-state index in [1.54, 1.807) is 24.3 Å². The number of hydrogen-bond donors (Lipinski definition) is 3. The molecule has 1 saturated heterocycles. The van der Waals surface area contributed by atoms with Crippen LogP contribution in [0.25, 0.3) is 0 Å². The lowest BCUT2D eigenvalue weighted by molar-refractivity contribution is 0.102. The van der Waals surface area contributed by atoms with Crippen molar-refractivity contribution in [3.63, 3.8) is 0 Å². The van der Waals surface area contributed by atoms with Gasteiger partial charge in [0.2, 0.25) is 5.95 Å². The van der Waals surface area contributed by atoms with Crippen LogP contribution in [0.15, 0.2) is 48.7 Å². The van der Waals surface area contributed by atoms with Crippen molar-refractivity contribution in [2.45, 2.75) is 18.9 Å². The van der Waals surface area contributed by atoms with Gasteiger partial charge in [0.05, 0.1) is 16.8 Å². The summed E-state index contributed by atoms with van der Waals surface area (Å²) in [5.41, 5.74) is 1.21. The van der Waals surface area contributed by atoms with Crippen LogP contribution in [0, 0.1) is 5.82 Å². The van der Waals surface area contributed by atoms with Gasteiger partial charge in [-0.1, -0.05) is 17.7 Å². The minimum atomic E-state index is -0.650. The maximum Gasteiger partial charge on any atom is 0.261 e. The van der Waals surface area contributed by atoms with Gasteiger partial charge in [0.25, 0.3) is 5.91 Å². The van der Waals surface area contributed by atoms with E-state index < -0.39 is 11.7 Å². The largest absolute Gasteiger partial charge is 0.376 e. The average Bonchev–Trinajstić information content (AvgIpc) is 3.34. The molecule has 1 aliphatic heterocycles. The Morgan fingerprint density at radius 3 is 2.76 bits per heavy atom. The summed E-state index contributed by atoms with van der Waals surface area (Å²) < 4.78 is 19.8. The Hall–Kier alpha value is -3.56. The molecule has 0 spiro atoms. The number of para-hydroxylation sites is 1. The number of halogens is 2. The first-order chi connectivity index (χ1) is 16.0. The number of carbonyl (C=O) groups is 2. The molecule has 2 aromatic carbocycles. The molecule has 1 fully saturated rings. The van der Waals surface area contributed by atoms with Gasteiger partial charge < -0.3 is 20.7 Å². The Morgan fingerprint density at radius 1 is 1.24 bits per heavy atom. The summed E-state index contributed by atoms with van der Waals surface area (Å²) in [4.78, 5) is 32.4. The van der Waals surface area contributed by atoms with Crippen LogP contribution < -0.4 is 16.0 Å². The van der Waals surface area contributed by atoms with Crippen molar-refractivity contribution in [2.24, 2.45) is 0 Å². The highest BCUT2D eigenvalue weighted by molar-refractivity contribution is 6.34. The van der Waals surface area contributed by atoms with Crippen molar-refractivity contribution in [2.75, 3.05) is 29.1 Å². The molecule has 10 heteroatoms. The molecule has 4 rings (SSSR count). The fourth-order valence-corrected chi connectivity index (χ4v) is 3.54. The van der Waals surface area contributed by atoms with Gasteiger partial charge in [-0.2, -0.15) is 4.98 Å². The van der Waals surface area contributed by atoms with Gasteiger partial charge >= 0.3 is 0 Å². The summed E-state index contributed by atoms with van der Waals surface area (Å²) in [6.07, 6.45) is 3.97. The molecule has 3 aromatic rings. The second-order valence-electron chi connectivity index (χ2n) is 7.39. The van der Waals surface area contributed by atoms with Crippen LogP contribution in [0.5, 0.6) is 0 Å². The first-order valence-corrected chi connectivity index (χ1v) is 10.7. The maximum absolute atomic E-state index is 14.1. The number of aromatic nitrogens is 2. The van der Waals surface area contributed by atoms with Gasteiger partial charge in [-0.25, -0.2) is 9.37 Å². The summed E-state index contributed by atoms with van der Waals surface area (Å²) in [6, 6.07) is 10.9. The smallest absolute Gasteiger partial charge is 0.261 e. The Balaban J connectivity index is 1.58. The lowest BCUT2D eigenvalue weighted by Crippen LogP contribution is -2.23. The van der Waals surface area contributed by atoms with E-state index in [0.717, 1.165) is 19.1 Å². The van der Waals surface area contributed by atoms with Crippen molar-refractivity contribution in [3.8, 4) is 0 Å². The van der Waals surface area contributed by atoms with Crippen molar-refractivity contribution < 1.29 is 18.7 Å². The number of anilines is 4. The van der Waals surface area contributed by atoms with Crippen LogP contribution >= 0.6 is 11.6 Å². The quantitative estimate of drug-likeness (QED) is 0.412. The molecular weight excluding hydrogens is 449 g/mol. The summed E-state index contributed by atoms with van der Waals surface area (Å²) >= 11 is 6.04. The lowest BCUT2D eigenvalue weighted by Gasteiger charge is -2.16. The molecule has 1 atom stereocenters. The van der Waals surface area contributed by atoms with Crippen LogP contribution in [0.1, 0.15) is 33.6 Å². The van der Waals surface area contributed by atoms with E-state index in [9.17, 15) is 14.0 Å². The Kier molecular flexibility index (Phi) is 7.11. The van der Waals surface area contributed by atoms with E-state index in [2.05, 4.69) is 25.9 Å². The van der Waals surface area contributed by atoms with E-state index in [1.807, 2.05) is 0 Å². The molecule has 8 nitrogen and oxygen atoms in total. The molecule has 170 valence electrons. The van der Waals surface area contributed by atoms with Crippen molar-refractivity contribution in [1.29, 1.82) is 0 Å². The number of carbonyl (C=O) groups excluding carboxylic acids is 2. The van der Waals surface area contributed by atoms with Crippen LogP contribution in [-0.4, -0.2) is 41.4 Å². The first-order valence-electron chi connectivity index (χ1n) is 10.3. The Labute approximate surface area is 194 Å². The zero-order valence-corrected chi connectivity index (χ0v) is 18.2. The zero-order chi connectivity index (χ0) is 23.2. The standard InChI is InChI=1S/C23H21ClFN5O3/c24-18-4-1-5-19(25)20(18)29-22(32)17-12-27-23(28-15-8-6-14(13-31)7-9-15)30-21(17)26-11-16-3-2-10-33-16/h1,4-9,12-13,16H,2-3,10-11H2,(H,29,32)(H2,26,27,28,30). The van der Waals surface area contributed by atoms with Crippen molar-refractivity contribution >= 4 is 46.9 Å². The van der Waals surface area contributed by atoms with Gasteiger partial charge in [0, 0.05) is 30.6 Å². The summed E-state index contributed by atoms with van der Waals surface area (Å²) in [6.45, 7) is 1.14. The highest BCUT2D eigenvalue weighted by Crippen LogP contribution is 2.26. The van der Waals surface area contributed by atoms with E-state index >= 15 is 0 Å². The number of aldehydes is 1. The zero-order valence-electron chi connectivity index (χ0n) is 17.5. The number of hydrogen-bond acceptors (Lipinski definition) is 7. The number of nitrogens with zero attached hydrogens (tertiary/aromatic N) is 2. The minimum Gasteiger partial charge on any atom is -0.376 e. The molecule has 1 aromatic heterocycles. The number of ether oxygens (including phenoxy) is 1. The van der Waals surface area contributed by atoms with E-state index in [4.69, 9.17) is 16.3 Å². The van der Waals surface area contributed by atoms with Crippen LogP contribution in [0.3, 0.4) is 0 Å². The predicted molar refractivity (Wildman–Crippen MR) is 124 cm³/mol. The van der Waals surface area contributed by atoms with Gasteiger partial charge in [0.1, 0.15) is 23.5 Å². The normalized spacial score (nSPS) is 15.2. The number of benzene rings is 2. The third-order valence-corrected chi connectivity index (χ3v) is 5.37. The fraction of sp³-hybridized carbons (Fsp3) is 0.217. The predicted octanol–water partition coefficient (Wildman–Crippen LogP) is 4.67. The van der Waals surface area contributed by atoms with Gasteiger partial charge in [-0.15, -0.1) is 0 Å². The third-order valence-electron chi connectivity index (χ3n) is 5.06. The molecule has 0 saturated carbocycles. The van der Waals surface area contributed by atoms with Gasteiger partial charge in [-0.3, -0.25) is 9.59 Å². The molecular formula is C23H21ClFN5O3. The first kappa shape index (κ1) is 22.6. The monoisotopic (exact) mass is 469 g/mol. The SMILES string of the molecule is O=Cc1ccc(Nc2ncc(C(=O)Nc3c(F)cccc3Cl)c(NCC3CCCO3)n2)cc1. The molecule has 0 bridgehead atoms. The maximum atomic E-state index is 14.1. The molecule has 1 amide bonds. The van der Waals surface area contributed by atoms with Crippen LogP contribution in [0.4, 0.5) is 27.5 Å². The summed E-state index contributed by atoms with van der Waals surface area (Å²) in [7, 11) is 0. The van der Waals surface area contributed by atoms with Crippen LogP contribution in [0.2, 0.25) is 5.02 Å². The highest BCUT2D eigenvalue weighted by Gasteiger charge is 2.20. The molecule has 1 unspecified atom stereocenters. The molecule has 2 heterocycles. The second-order valence-corrected chi connectivity index (χ2v) is 7.79.